The minimum atomic E-state index is -0.660. The van der Waals surface area contributed by atoms with Crippen molar-refractivity contribution in [3.63, 3.8) is 0 Å². The van der Waals surface area contributed by atoms with E-state index in [0.717, 1.165) is 22.2 Å². The molecule has 7 heteroatoms. The minimum absolute atomic E-state index is 0.0479. The highest BCUT2D eigenvalue weighted by atomic mass is 79.9. The number of nitrogens with zero attached hydrogens (tertiary/aromatic N) is 2. The lowest BCUT2D eigenvalue weighted by Gasteiger charge is -2.24. The maximum absolute atomic E-state index is 13.6. The van der Waals surface area contributed by atoms with Gasteiger partial charge in [0.1, 0.15) is 17.2 Å². The van der Waals surface area contributed by atoms with Crippen molar-refractivity contribution in [3.8, 4) is 5.75 Å². The Labute approximate surface area is 192 Å². The average molecular weight is 491 g/mol. The Kier molecular flexibility index (Phi) is 5.27. The summed E-state index contributed by atoms with van der Waals surface area (Å²) in [5, 5.41) is 0.418. The molecule has 5 rings (SSSR count). The van der Waals surface area contributed by atoms with Crippen molar-refractivity contribution < 1.29 is 13.9 Å². The summed E-state index contributed by atoms with van der Waals surface area (Å²) in [6.07, 6.45) is 2.52. The van der Waals surface area contributed by atoms with Crippen LogP contribution >= 0.6 is 15.9 Å². The van der Waals surface area contributed by atoms with Gasteiger partial charge in [-0.25, -0.2) is 4.98 Å². The van der Waals surface area contributed by atoms with Crippen LogP contribution in [0.5, 0.6) is 5.75 Å². The van der Waals surface area contributed by atoms with Crippen LogP contribution in [0, 0.1) is 0 Å². The first kappa shape index (κ1) is 20.5. The van der Waals surface area contributed by atoms with Gasteiger partial charge < -0.3 is 9.15 Å². The van der Waals surface area contributed by atoms with Crippen LogP contribution in [0.4, 0.5) is 5.82 Å². The van der Waals surface area contributed by atoms with Crippen LogP contribution < -0.4 is 15.1 Å². The summed E-state index contributed by atoms with van der Waals surface area (Å²) in [5.74, 6) is 0.840. The van der Waals surface area contributed by atoms with Gasteiger partial charge in [-0.2, -0.15) is 0 Å². The van der Waals surface area contributed by atoms with Crippen LogP contribution in [-0.4, -0.2) is 17.5 Å². The SMILES string of the molecule is CCCOc1ccc(C2c3c(oc4ccc(Br)cc4c3=O)C(=O)N2c2ccccn2)cc1. The van der Waals surface area contributed by atoms with Crippen molar-refractivity contribution in [3.05, 3.63) is 98.4 Å². The molecule has 0 saturated heterocycles. The zero-order valence-corrected chi connectivity index (χ0v) is 18.8. The normalized spacial score (nSPS) is 15.2. The lowest BCUT2D eigenvalue weighted by atomic mass is 9.98. The van der Waals surface area contributed by atoms with Crippen LogP contribution in [0.25, 0.3) is 11.0 Å². The van der Waals surface area contributed by atoms with Crippen LogP contribution in [0.3, 0.4) is 0 Å². The van der Waals surface area contributed by atoms with E-state index in [1.165, 1.54) is 4.90 Å². The number of carbonyl (C=O) groups is 1. The number of carbonyl (C=O) groups excluding carboxylic acids is 1. The molecule has 1 unspecified atom stereocenters. The lowest BCUT2D eigenvalue weighted by molar-refractivity contribution is 0.0970. The Morgan fingerprint density at radius 1 is 1.09 bits per heavy atom. The molecule has 4 aromatic rings. The molecule has 0 radical (unpaired) electrons. The van der Waals surface area contributed by atoms with Crippen molar-refractivity contribution in [1.82, 2.24) is 4.98 Å². The maximum Gasteiger partial charge on any atom is 0.296 e. The topological polar surface area (TPSA) is 72.6 Å². The van der Waals surface area contributed by atoms with E-state index >= 15 is 0 Å². The van der Waals surface area contributed by atoms with Crippen LogP contribution in [0.15, 0.2) is 80.5 Å². The van der Waals surface area contributed by atoms with E-state index in [9.17, 15) is 9.59 Å². The number of aromatic nitrogens is 1. The molecule has 1 aliphatic rings. The number of pyridine rings is 1. The summed E-state index contributed by atoms with van der Waals surface area (Å²) in [4.78, 5) is 32.9. The molecule has 0 saturated carbocycles. The molecule has 1 aliphatic heterocycles. The molecule has 0 fully saturated rings. The third kappa shape index (κ3) is 3.39. The Hall–Kier alpha value is -3.45. The number of rotatable bonds is 5. The second-order valence-electron chi connectivity index (χ2n) is 7.50. The van der Waals surface area contributed by atoms with Gasteiger partial charge in [0.25, 0.3) is 5.91 Å². The second kappa shape index (κ2) is 8.24. The third-order valence-electron chi connectivity index (χ3n) is 5.40. The number of halogens is 1. The zero-order chi connectivity index (χ0) is 22.2. The quantitative estimate of drug-likeness (QED) is 0.369. The smallest absolute Gasteiger partial charge is 0.296 e. The monoisotopic (exact) mass is 490 g/mol. The number of ether oxygens (including phenoxy) is 1. The highest BCUT2D eigenvalue weighted by molar-refractivity contribution is 9.10. The first-order valence-corrected chi connectivity index (χ1v) is 11.1. The average Bonchev–Trinajstić information content (AvgIpc) is 3.11. The van der Waals surface area contributed by atoms with Gasteiger partial charge in [-0.15, -0.1) is 0 Å². The standard InChI is InChI=1S/C25H19BrN2O4/c1-2-13-31-17-9-6-15(7-10-17)22-21-23(29)18-14-16(26)8-11-19(18)32-24(21)25(30)28(22)20-5-3-4-12-27-20/h3-12,14,22H,2,13H2,1H3. The molecule has 0 aliphatic carbocycles. The van der Waals surface area contributed by atoms with E-state index < -0.39 is 11.9 Å². The molecular weight excluding hydrogens is 472 g/mol. The highest BCUT2D eigenvalue weighted by Crippen LogP contribution is 2.41. The summed E-state index contributed by atoms with van der Waals surface area (Å²) >= 11 is 3.41. The fourth-order valence-electron chi connectivity index (χ4n) is 3.96. The number of hydrogen-bond acceptors (Lipinski definition) is 5. The predicted octanol–water partition coefficient (Wildman–Crippen LogP) is 5.49. The largest absolute Gasteiger partial charge is 0.494 e. The minimum Gasteiger partial charge on any atom is -0.494 e. The predicted molar refractivity (Wildman–Crippen MR) is 125 cm³/mol. The van der Waals surface area contributed by atoms with Gasteiger partial charge >= 0.3 is 0 Å². The third-order valence-corrected chi connectivity index (χ3v) is 5.89. The molecule has 1 amide bonds. The summed E-state index contributed by atoms with van der Waals surface area (Å²) in [5.41, 5.74) is 1.22. The molecule has 0 N–H and O–H groups in total. The molecule has 1 atom stereocenters. The number of fused-ring (bicyclic) bond motifs is 2. The molecule has 2 aromatic heterocycles. The summed E-state index contributed by atoms with van der Waals surface area (Å²) in [7, 11) is 0. The molecule has 3 heterocycles. The van der Waals surface area contributed by atoms with Crippen LogP contribution in [0.1, 0.15) is 41.1 Å². The highest BCUT2D eigenvalue weighted by Gasteiger charge is 2.44. The molecule has 0 spiro atoms. The van der Waals surface area contributed by atoms with E-state index in [1.54, 1.807) is 42.6 Å². The Morgan fingerprint density at radius 2 is 1.91 bits per heavy atom. The van der Waals surface area contributed by atoms with Gasteiger partial charge in [0, 0.05) is 10.7 Å². The van der Waals surface area contributed by atoms with Crippen LogP contribution in [0.2, 0.25) is 0 Å². The zero-order valence-electron chi connectivity index (χ0n) is 17.2. The van der Waals surface area contributed by atoms with Crippen molar-refractivity contribution in [1.29, 1.82) is 0 Å². The Bertz CT molecular complexity index is 1370. The van der Waals surface area contributed by atoms with E-state index in [0.29, 0.717) is 29.0 Å². The van der Waals surface area contributed by atoms with Crippen molar-refractivity contribution in [2.45, 2.75) is 19.4 Å². The molecule has 6 nitrogen and oxygen atoms in total. The fraction of sp³-hybridized carbons (Fsp3) is 0.160. The Balaban J connectivity index is 1.72. The van der Waals surface area contributed by atoms with E-state index in [-0.39, 0.29) is 11.2 Å². The van der Waals surface area contributed by atoms with Gasteiger partial charge in [-0.3, -0.25) is 14.5 Å². The van der Waals surface area contributed by atoms with Gasteiger partial charge in [0.15, 0.2) is 5.43 Å². The van der Waals surface area contributed by atoms with Crippen molar-refractivity contribution >= 4 is 38.6 Å². The number of anilines is 1. The first-order chi connectivity index (χ1) is 15.6. The molecule has 32 heavy (non-hydrogen) atoms. The molecular formula is C25H19BrN2O4. The van der Waals surface area contributed by atoms with Gasteiger partial charge in [-0.1, -0.05) is 41.1 Å². The lowest BCUT2D eigenvalue weighted by Crippen LogP contribution is -2.30. The Morgan fingerprint density at radius 3 is 2.62 bits per heavy atom. The molecule has 160 valence electrons. The number of benzene rings is 2. The van der Waals surface area contributed by atoms with Crippen LogP contribution in [-0.2, 0) is 0 Å². The van der Waals surface area contributed by atoms with E-state index in [2.05, 4.69) is 20.9 Å². The van der Waals surface area contributed by atoms with Gasteiger partial charge in [0.05, 0.1) is 23.6 Å². The van der Waals surface area contributed by atoms with Gasteiger partial charge in [-0.05, 0) is 54.4 Å². The molecule has 2 aromatic carbocycles. The number of hydrogen-bond donors (Lipinski definition) is 0. The fourth-order valence-corrected chi connectivity index (χ4v) is 4.32. The molecule has 0 bridgehead atoms. The van der Waals surface area contributed by atoms with Crippen molar-refractivity contribution in [2.24, 2.45) is 0 Å². The van der Waals surface area contributed by atoms with E-state index in [1.807, 2.05) is 31.2 Å². The maximum atomic E-state index is 13.6. The van der Waals surface area contributed by atoms with E-state index in [4.69, 9.17) is 9.15 Å². The summed E-state index contributed by atoms with van der Waals surface area (Å²) in [6, 6.07) is 17.3. The van der Waals surface area contributed by atoms with Gasteiger partial charge in [0.2, 0.25) is 5.76 Å². The van der Waals surface area contributed by atoms with Crippen molar-refractivity contribution in [2.75, 3.05) is 11.5 Å². The first-order valence-electron chi connectivity index (χ1n) is 10.3. The summed E-state index contributed by atoms with van der Waals surface area (Å²) in [6.45, 7) is 2.66. The second-order valence-corrected chi connectivity index (χ2v) is 8.41. The number of amides is 1. The summed E-state index contributed by atoms with van der Waals surface area (Å²) < 4.78 is 12.4.